The number of benzene rings is 2. The van der Waals surface area contributed by atoms with Crippen molar-refractivity contribution in [3.05, 3.63) is 81.3 Å². The van der Waals surface area contributed by atoms with Crippen molar-refractivity contribution in [3.8, 4) is 11.5 Å². The van der Waals surface area contributed by atoms with Gasteiger partial charge in [-0.3, -0.25) is 9.78 Å². The molecule has 0 unspecified atom stereocenters. The zero-order valence-corrected chi connectivity index (χ0v) is 16.7. The fourth-order valence-corrected chi connectivity index (χ4v) is 2.64. The van der Waals surface area contributed by atoms with Crippen LogP contribution in [0.3, 0.4) is 0 Å². The first-order valence-corrected chi connectivity index (χ1v) is 9.33. The molecule has 0 aliphatic heterocycles. The Morgan fingerprint density at radius 1 is 1.14 bits per heavy atom. The first-order chi connectivity index (χ1) is 14.1. The molecule has 1 aromatic heterocycles. The molecule has 7 nitrogen and oxygen atoms in total. The van der Waals surface area contributed by atoms with Gasteiger partial charge in [0.25, 0.3) is 5.56 Å². The highest BCUT2D eigenvalue weighted by Crippen LogP contribution is 2.28. The first-order valence-electron chi connectivity index (χ1n) is 9.33. The van der Waals surface area contributed by atoms with Crippen molar-refractivity contribution in [1.82, 2.24) is 9.97 Å². The monoisotopic (exact) mass is 392 g/mol. The summed E-state index contributed by atoms with van der Waals surface area (Å²) in [5.74, 6) is 1.57. The molecule has 150 valence electrons. The van der Waals surface area contributed by atoms with Gasteiger partial charge in [0.2, 0.25) is 5.95 Å². The number of anilines is 1. The van der Waals surface area contributed by atoms with Crippen LogP contribution in [0.2, 0.25) is 0 Å². The molecular weight excluding hydrogens is 368 g/mol. The number of methoxy groups -OCH3 is 1. The lowest BCUT2D eigenvalue weighted by Gasteiger charge is -2.11. The maximum Gasteiger partial charge on any atom is 0.252 e. The average molecular weight is 392 g/mol. The molecule has 0 radical (unpaired) electrons. The summed E-state index contributed by atoms with van der Waals surface area (Å²) in [6, 6.07) is 15.2. The molecule has 3 aromatic rings. The van der Waals surface area contributed by atoms with Crippen LogP contribution in [-0.2, 0) is 13.0 Å². The zero-order chi connectivity index (χ0) is 20.6. The smallest absolute Gasteiger partial charge is 0.252 e. The molecule has 1 heterocycles. The van der Waals surface area contributed by atoms with Gasteiger partial charge in [-0.2, -0.15) is 5.10 Å². The van der Waals surface area contributed by atoms with Gasteiger partial charge in [0, 0.05) is 11.8 Å². The van der Waals surface area contributed by atoms with Crippen LogP contribution in [0.25, 0.3) is 0 Å². The predicted octanol–water partition coefficient (Wildman–Crippen LogP) is 3.67. The molecule has 0 aliphatic carbocycles. The van der Waals surface area contributed by atoms with Gasteiger partial charge in [0.15, 0.2) is 11.5 Å². The standard InChI is InChI=1S/C22H24N4O3/c1-4-18-12-21(27)25-22(24-18)26-23-13-17-9-10-19(28-3)20(11-17)29-14-16-7-5-15(2)6-8-16/h5-13H,4,14H2,1-3H3,(H2,24,25,26,27)/b23-13-. The number of aromatic amines is 1. The van der Waals surface area contributed by atoms with E-state index in [2.05, 4.69) is 32.6 Å². The SMILES string of the molecule is CCc1cc(=O)[nH]c(N/N=C\c2ccc(OC)c(OCc3ccc(C)cc3)c2)n1. The van der Waals surface area contributed by atoms with Crippen LogP contribution in [0.4, 0.5) is 5.95 Å². The molecule has 0 saturated heterocycles. The van der Waals surface area contributed by atoms with E-state index in [0.717, 1.165) is 11.1 Å². The fraction of sp³-hybridized carbons (Fsp3) is 0.227. The summed E-state index contributed by atoms with van der Waals surface area (Å²) in [7, 11) is 1.60. The normalized spacial score (nSPS) is 10.9. The lowest BCUT2D eigenvalue weighted by Crippen LogP contribution is -2.11. The van der Waals surface area contributed by atoms with Gasteiger partial charge in [-0.1, -0.05) is 36.8 Å². The average Bonchev–Trinajstić information content (AvgIpc) is 2.73. The summed E-state index contributed by atoms with van der Waals surface area (Å²) in [5, 5.41) is 4.15. The number of nitrogens with one attached hydrogen (secondary N) is 2. The van der Waals surface area contributed by atoms with Crippen molar-refractivity contribution in [2.24, 2.45) is 5.10 Å². The van der Waals surface area contributed by atoms with Gasteiger partial charge in [0.1, 0.15) is 6.61 Å². The second-order valence-corrected chi connectivity index (χ2v) is 6.49. The minimum Gasteiger partial charge on any atom is -0.493 e. The van der Waals surface area contributed by atoms with E-state index < -0.39 is 0 Å². The van der Waals surface area contributed by atoms with Gasteiger partial charge in [-0.15, -0.1) is 0 Å². The Bertz CT molecular complexity index is 1040. The zero-order valence-electron chi connectivity index (χ0n) is 16.7. The minimum absolute atomic E-state index is 0.217. The van der Waals surface area contributed by atoms with Crippen LogP contribution in [-0.4, -0.2) is 23.3 Å². The maximum absolute atomic E-state index is 11.6. The van der Waals surface area contributed by atoms with Gasteiger partial charge in [-0.25, -0.2) is 10.4 Å². The molecule has 0 fully saturated rings. The van der Waals surface area contributed by atoms with E-state index in [1.807, 2.05) is 44.2 Å². The highest BCUT2D eigenvalue weighted by molar-refractivity contribution is 5.81. The second kappa shape index (κ2) is 9.54. The van der Waals surface area contributed by atoms with Crippen LogP contribution in [0.1, 0.15) is 29.3 Å². The van der Waals surface area contributed by atoms with Crippen molar-refractivity contribution in [2.45, 2.75) is 26.9 Å². The lowest BCUT2D eigenvalue weighted by atomic mass is 10.1. The Hall–Kier alpha value is -3.61. The van der Waals surface area contributed by atoms with Crippen LogP contribution in [0.15, 0.2) is 58.4 Å². The summed E-state index contributed by atoms with van der Waals surface area (Å²) in [5.41, 5.74) is 6.32. The summed E-state index contributed by atoms with van der Waals surface area (Å²) in [6.45, 7) is 4.42. The number of rotatable bonds is 8. The molecule has 0 bridgehead atoms. The van der Waals surface area contributed by atoms with E-state index in [4.69, 9.17) is 9.47 Å². The van der Waals surface area contributed by atoms with Crippen molar-refractivity contribution in [2.75, 3.05) is 12.5 Å². The fourth-order valence-electron chi connectivity index (χ4n) is 2.64. The Kier molecular flexibility index (Phi) is 6.63. The van der Waals surface area contributed by atoms with Crippen molar-refractivity contribution in [3.63, 3.8) is 0 Å². The number of ether oxygens (including phenoxy) is 2. The number of hydrazone groups is 1. The number of H-pyrrole nitrogens is 1. The first kappa shape index (κ1) is 20.1. The molecule has 0 amide bonds. The molecule has 0 aliphatic rings. The number of aryl methyl sites for hydroxylation is 2. The molecule has 0 atom stereocenters. The van der Waals surface area contributed by atoms with Crippen molar-refractivity contribution in [1.29, 1.82) is 0 Å². The number of aromatic nitrogens is 2. The highest BCUT2D eigenvalue weighted by atomic mass is 16.5. The van der Waals surface area contributed by atoms with E-state index in [1.54, 1.807) is 13.3 Å². The third kappa shape index (κ3) is 5.68. The maximum atomic E-state index is 11.6. The van der Waals surface area contributed by atoms with E-state index in [1.165, 1.54) is 11.6 Å². The Morgan fingerprint density at radius 2 is 1.93 bits per heavy atom. The van der Waals surface area contributed by atoms with Gasteiger partial charge in [0.05, 0.1) is 13.3 Å². The third-order valence-electron chi connectivity index (χ3n) is 4.24. The largest absolute Gasteiger partial charge is 0.493 e. The molecule has 7 heteroatoms. The summed E-state index contributed by atoms with van der Waals surface area (Å²) in [4.78, 5) is 18.5. The van der Waals surface area contributed by atoms with Crippen LogP contribution in [0.5, 0.6) is 11.5 Å². The van der Waals surface area contributed by atoms with E-state index in [0.29, 0.717) is 36.2 Å². The van der Waals surface area contributed by atoms with Gasteiger partial charge >= 0.3 is 0 Å². The summed E-state index contributed by atoms with van der Waals surface area (Å²) >= 11 is 0. The van der Waals surface area contributed by atoms with Crippen LogP contribution >= 0.6 is 0 Å². The van der Waals surface area contributed by atoms with E-state index >= 15 is 0 Å². The number of hydrogen-bond donors (Lipinski definition) is 2. The van der Waals surface area contributed by atoms with Gasteiger partial charge in [-0.05, 0) is 42.7 Å². The third-order valence-corrected chi connectivity index (χ3v) is 4.24. The van der Waals surface area contributed by atoms with Crippen LogP contribution in [0, 0.1) is 6.92 Å². The highest BCUT2D eigenvalue weighted by Gasteiger charge is 2.06. The molecule has 2 aromatic carbocycles. The molecule has 2 N–H and O–H groups in total. The second-order valence-electron chi connectivity index (χ2n) is 6.49. The molecule has 0 saturated carbocycles. The predicted molar refractivity (Wildman–Crippen MR) is 114 cm³/mol. The van der Waals surface area contributed by atoms with Gasteiger partial charge < -0.3 is 9.47 Å². The van der Waals surface area contributed by atoms with E-state index in [9.17, 15) is 4.79 Å². The van der Waals surface area contributed by atoms with Crippen LogP contribution < -0.4 is 20.5 Å². The molecule has 29 heavy (non-hydrogen) atoms. The number of nitrogens with zero attached hydrogens (tertiary/aromatic N) is 2. The number of hydrogen-bond acceptors (Lipinski definition) is 6. The minimum atomic E-state index is -0.217. The Balaban J connectivity index is 1.70. The van der Waals surface area contributed by atoms with Crippen molar-refractivity contribution < 1.29 is 9.47 Å². The Morgan fingerprint density at radius 3 is 2.66 bits per heavy atom. The molecular formula is C22H24N4O3. The Labute approximate surface area is 169 Å². The lowest BCUT2D eigenvalue weighted by molar-refractivity contribution is 0.284. The molecule has 0 spiro atoms. The van der Waals surface area contributed by atoms with E-state index in [-0.39, 0.29) is 5.56 Å². The quantitative estimate of drug-likeness (QED) is 0.451. The summed E-state index contributed by atoms with van der Waals surface area (Å²) in [6.07, 6.45) is 2.29. The molecule has 3 rings (SSSR count). The van der Waals surface area contributed by atoms with Crippen molar-refractivity contribution >= 4 is 12.2 Å². The summed E-state index contributed by atoms with van der Waals surface area (Å²) < 4.78 is 11.3. The topological polar surface area (TPSA) is 88.6 Å².